The Balaban J connectivity index is 1.85. The number of hydrogen-bond donors (Lipinski definition) is 1. The molecule has 0 bridgehead atoms. The van der Waals surface area contributed by atoms with Crippen LogP contribution in [0, 0.1) is 0 Å². The molecule has 0 aliphatic heterocycles. The second-order valence-electron chi connectivity index (χ2n) is 5.58. The van der Waals surface area contributed by atoms with Gasteiger partial charge in [-0.05, 0) is 24.3 Å². The number of aromatic nitrogens is 2. The first-order valence-electron chi connectivity index (χ1n) is 8.12. The van der Waals surface area contributed by atoms with Gasteiger partial charge in [-0.3, -0.25) is 19.0 Å². The van der Waals surface area contributed by atoms with E-state index in [1.165, 1.54) is 11.7 Å². The zero-order valence-electron chi connectivity index (χ0n) is 14.5. The standard InChI is InChI=1S/C19H17N3O4S/c1-26-17(24)11-22-18(25)14-9-5-6-10-15(14)21-19(22)27-12-16(23)20-13-7-3-2-4-8-13/h2-10H,11-12H2,1H3,(H,20,23). The molecule has 2 aromatic carbocycles. The van der Waals surface area contributed by atoms with Crippen LogP contribution in [0.4, 0.5) is 5.69 Å². The number of carbonyl (C=O) groups excluding carboxylic acids is 2. The average Bonchev–Trinajstić information content (AvgIpc) is 2.69. The summed E-state index contributed by atoms with van der Waals surface area (Å²) in [6.45, 7) is -0.268. The molecule has 8 heteroatoms. The van der Waals surface area contributed by atoms with Crippen molar-refractivity contribution in [2.75, 3.05) is 18.2 Å². The van der Waals surface area contributed by atoms with Crippen molar-refractivity contribution < 1.29 is 14.3 Å². The molecule has 0 aliphatic carbocycles. The Bertz CT molecular complexity index is 1030. The van der Waals surface area contributed by atoms with Crippen molar-refractivity contribution in [3.63, 3.8) is 0 Å². The van der Waals surface area contributed by atoms with E-state index in [2.05, 4.69) is 15.0 Å². The largest absolute Gasteiger partial charge is 0.468 e. The third-order valence-corrected chi connectivity index (χ3v) is 4.71. The fraction of sp³-hybridized carbons (Fsp3) is 0.158. The molecule has 1 N–H and O–H groups in total. The maximum Gasteiger partial charge on any atom is 0.325 e. The van der Waals surface area contributed by atoms with Crippen LogP contribution in [0.5, 0.6) is 0 Å². The highest BCUT2D eigenvalue weighted by molar-refractivity contribution is 7.99. The van der Waals surface area contributed by atoms with E-state index in [0.717, 1.165) is 11.8 Å². The molecule has 138 valence electrons. The third-order valence-electron chi connectivity index (χ3n) is 3.73. The minimum atomic E-state index is -0.565. The predicted molar refractivity (Wildman–Crippen MR) is 104 cm³/mol. The lowest BCUT2D eigenvalue weighted by atomic mass is 10.2. The number of amides is 1. The first-order valence-corrected chi connectivity index (χ1v) is 9.11. The second kappa shape index (κ2) is 8.50. The fourth-order valence-electron chi connectivity index (χ4n) is 2.44. The molecule has 3 aromatic rings. The number of methoxy groups -OCH3 is 1. The molecular weight excluding hydrogens is 366 g/mol. The Morgan fingerprint density at radius 2 is 1.81 bits per heavy atom. The molecule has 0 saturated carbocycles. The van der Waals surface area contributed by atoms with Gasteiger partial charge < -0.3 is 10.1 Å². The summed E-state index contributed by atoms with van der Waals surface area (Å²) in [5, 5.41) is 3.46. The molecule has 0 unspecified atom stereocenters. The topological polar surface area (TPSA) is 90.3 Å². The minimum absolute atomic E-state index is 0.0425. The van der Waals surface area contributed by atoms with Gasteiger partial charge in [0.05, 0.1) is 23.8 Å². The first kappa shape index (κ1) is 18.7. The first-order chi connectivity index (χ1) is 13.1. The van der Waals surface area contributed by atoms with Crippen LogP contribution in [-0.4, -0.2) is 34.3 Å². The number of benzene rings is 2. The van der Waals surface area contributed by atoms with E-state index in [4.69, 9.17) is 0 Å². The number of anilines is 1. The van der Waals surface area contributed by atoms with Gasteiger partial charge in [0.1, 0.15) is 6.54 Å². The summed E-state index contributed by atoms with van der Waals surface area (Å²) < 4.78 is 5.90. The van der Waals surface area contributed by atoms with E-state index in [1.807, 2.05) is 18.2 Å². The van der Waals surface area contributed by atoms with Crippen LogP contribution in [0.2, 0.25) is 0 Å². The van der Waals surface area contributed by atoms with E-state index in [9.17, 15) is 14.4 Å². The number of rotatable bonds is 6. The van der Waals surface area contributed by atoms with Crippen molar-refractivity contribution in [1.82, 2.24) is 9.55 Å². The van der Waals surface area contributed by atoms with Gasteiger partial charge in [-0.25, -0.2) is 4.98 Å². The number of hydrogen-bond acceptors (Lipinski definition) is 6. The minimum Gasteiger partial charge on any atom is -0.468 e. The highest BCUT2D eigenvalue weighted by Gasteiger charge is 2.16. The zero-order chi connectivity index (χ0) is 19.2. The van der Waals surface area contributed by atoms with Crippen molar-refractivity contribution in [1.29, 1.82) is 0 Å². The van der Waals surface area contributed by atoms with Gasteiger partial charge in [-0.2, -0.15) is 0 Å². The summed E-state index contributed by atoms with van der Waals surface area (Å²) in [4.78, 5) is 41.1. The molecule has 0 spiro atoms. The summed E-state index contributed by atoms with van der Waals surface area (Å²) in [6, 6.07) is 15.9. The van der Waals surface area contributed by atoms with Crippen molar-refractivity contribution in [2.45, 2.75) is 11.7 Å². The maximum absolute atomic E-state index is 12.7. The number of thioether (sulfide) groups is 1. The summed E-state index contributed by atoms with van der Waals surface area (Å²) in [5.74, 6) is -0.760. The zero-order valence-corrected chi connectivity index (χ0v) is 15.4. The molecule has 0 fully saturated rings. The van der Waals surface area contributed by atoms with Gasteiger partial charge in [0.25, 0.3) is 5.56 Å². The Hall–Kier alpha value is -3.13. The molecule has 1 heterocycles. The van der Waals surface area contributed by atoms with E-state index < -0.39 is 5.97 Å². The van der Waals surface area contributed by atoms with E-state index in [-0.39, 0.29) is 28.9 Å². The highest BCUT2D eigenvalue weighted by Crippen LogP contribution is 2.18. The van der Waals surface area contributed by atoms with Crippen molar-refractivity contribution in [2.24, 2.45) is 0 Å². The third kappa shape index (κ3) is 4.53. The normalized spacial score (nSPS) is 10.6. The molecule has 0 radical (unpaired) electrons. The molecule has 0 saturated heterocycles. The van der Waals surface area contributed by atoms with E-state index in [1.54, 1.807) is 36.4 Å². The summed E-state index contributed by atoms with van der Waals surface area (Å²) in [5.41, 5.74) is 0.841. The van der Waals surface area contributed by atoms with Crippen LogP contribution < -0.4 is 10.9 Å². The van der Waals surface area contributed by atoms with E-state index >= 15 is 0 Å². The average molecular weight is 383 g/mol. The maximum atomic E-state index is 12.7. The number of carbonyl (C=O) groups is 2. The van der Waals surface area contributed by atoms with Gasteiger partial charge in [0.15, 0.2) is 5.16 Å². The summed E-state index contributed by atoms with van der Waals surface area (Å²) >= 11 is 1.09. The van der Waals surface area contributed by atoms with Crippen LogP contribution in [0.1, 0.15) is 0 Å². The SMILES string of the molecule is COC(=O)Cn1c(SCC(=O)Nc2ccccc2)nc2ccccc2c1=O. The highest BCUT2D eigenvalue weighted by atomic mass is 32.2. The Morgan fingerprint density at radius 1 is 1.11 bits per heavy atom. The number of nitrogens with zero attached hydrogens (tertiary/aromatic N) is 2. The van der Waals surface area contributed by atoms with Crippen LogP contribution in [0.15, 0.2) is 64.5 Å². The Morgan fingerprint density at radius 3 is 2.56 bits per heavy atom. The van der Waals surface area contributed by atoms with Crippen LogP contribution in [0.25, 0.3) is 10.9 Å². The molecule has 1 aromatic heterocycles. The Labute approximate surface area is 159 Å². The lowest BCUT2D eigenvalue weighted by Gasteiger charge is -2.12. The number of fused-ring (bicyclic) bond motifs is 1. The molecule has 27 heavy (non-hydrogen) atoms. The predicted octanol–water partition coefficient (Wildman–Crippen LogP) is 2.30. The van der Waals surface area contributed by atoms with Crippen LogP contribution >= 0.6 is 11.8 Å². The summed E-state index contributed by atoms with van der Waals surface area (Å²) in [6.07, 6.45) is 0. The molecule has 7 nitrogen and oxygen atoms in total. The van der Waals surface area contributed by atoms with Crippen LogP contribution in [-0.2, 0) is 20.9 Å². The number of para-hydroxylation sites is 2. The van der Waals surface area contributed by atoms with Crippen molar-refractivity contribution >= 4 is 40.2 Å². The monoisotopic (exact) mass is 383 g/mol. The van der Waals surface area contributed by atoms with Crippen LogP contribution in [0.3, 0.4) is 0 Å². The van der Waals surface area contributed by atoms with Gasteiger partial charge in [-0.1, -0.05) is 42.1 Å². The lowest BCUT2D eigenvalue weighted by Crippen LogP contribution is -2.28. The van der Waals surface area contributed by atoms with E-state index in [0.29, 0.717) is 16.6 Å². The molecular formula is C19H17N3O4S. The molecule has 3 rings (SSSR count). The second-order valence-corrected chi connectivity index (χ2v) is 6.52. The lowest BCUT2D eigenvalue weighted by molar-refractivity contribution is -0.141. The quantitative estimate of drug-likeness (QED) is 0.399. The van der Waals surface area contributed by atoms with Crippen molar-refractivity contribution in [3.8, 4) is 0 Å². The van der Waals surface area contributed by atoms with Gasteiger partial charge in [0.2, 0.25) is 5.91 Å². The molecule has 1 amide bonds. The fourth-order valence-corrected chi connectivity index (χ4v) is 3.24. The number of esters is 1. The molecule has 0 aliphatic rings. The van der Waals surface area contributed by atoms with Gasteiger partial charge in [0, 0.05) is 5.69 Å². The number of ether oxygens (including phenoxy) is 1. The number of nitrogens with one attached hydrogen (secondary N) is 1. The Kier molecular flexibility index (Phi) is 5.87. The summed E-state index contributed by atoms with van der Waals surface area (Å²) in [7, 11) is 1.25. The van der Waals surface area contributed by atoms with Gasteiger partial charge in [-0.15, -0.1) is 0 Å². The van der Waals surface area contributed by atoms with Crippen molar-refractivity contribution in [3.05, 3.63) is 65.0 Å². The smallest absolute Gasteiger partial charge is 0.325 e. The van der Waals surface area contributed by atoms with Gasteiger partial charge >= 0.3 is 5.97 Å². The molecule has 0 atom stereocenters.